The van der Waals surface area contributed by atoms with Gasteiger partial charge in [0.2, 0.25) is 0 Å². The number of carbonyl (C=O) groups is 1. The number of methoxy groups -OCH3 is 1. The van der Waals surface area contributed by atoms with Gasteiger partial charge >= 0.3 is 5.97 Å². The van der Waals surface area contributed by atoms with E-state index in [1.165, 1.54) is 0 Å². The maximum atomic E-state index is 11.6. The lowest BCUT2D eigenvalue weighted by molar-refractivity contribution is -0.154. The number of rotatable bonds is 6. The fourth-order valence-corrected chi connectivity index (χ4v) is 2.97. The highest BCUT2D eigenvalue weighted by atomic mass is 16.5. The number of ether oxygens (including phenoxy) is 1. The SMILES string of the molecule is CCCC1(C(=O)O)CCCN(C(C)C(C)OC)C1. The molecule has 0 saturated carbocycles. The first-order valence-corrected chi connectivity index (χ1v) is 6.97. The molecule has 4 heteroatoms. The summed E-state index contributed by atoms with van der Waals surface area (Å²) in [5, 5.41) is 9.56. The van der Waals surface area contributed by atoms with E-state index in [-0.39, 0.29) is 12.1 Å². The van der Waals surface area contributed by atoms with Crippen LogP contribution in [0.25, 0.3) is 0 Å². The Morgan fingerprint density at radius 1 is 1.50 bits per heavy atom. The molecule has 1 heterocycles. The zero-order chi connectivity index (χ0) is 13.8. The van der Waals surface area contributed by atoms with Crippen LogP contribution >= 0.6 is 0 Å². The average molecular weight is 257 g/mol. The predicted molar refractivity (Wildman–Crippen MR) is 71.7 cm³/mol. The zero-order valence-corrected chi connectivity index (χ0v) is 12.1. The van der Waals surface area contributed by atoms with Gasteiger partial charge in [0, 0.05) is 19.7 Å². The molecule has 18 heavy (non-hydrogen) atoms. The van der Waals surface area contributed by atoms with Crippen molar-refractivity contribution >= 4 is 5.97 Å². The molecule has 1 aliphatic heterocycles. The minimum absolute atomic E-state index is 0.135. The van der Waals surface area contributed by atoms with Gasteiger partial charge < -0.3 is 9.84 Å². The first-order valence-electron chi connectivity index (χ1n) is 6.97. The first-order chi connectivity index (χ1) is 8.46. The Hall–Kier alpha value is -0.610. The molecule has 0 aliphatic carbocycles. The van der Waals surface area contributed by atoms with Crippen LogP contribution in [0.15, 0.2) is 0 Å². The number of hydrogen-bond acceptors (Lipinski definition) is 3. The van der Waals surface area contributed by atoms with Crippen molar-refractivity contribution in [3.8, 4) is 0 Å². The van der Waals surface area contributed by atoms with Crippen LogP contribution in [0.2, 0.25) is 0 Å². The largest absolute Gasteiger partial charge is 0.481 e. The summed E-state index contributed by atoms with van der Waals surface area (Å²) in [6, 6.07) is 0.269. The maximum absolute atomic E-state index is 11.6. The molecule has 1 aliphatic rings. The second-order valence-corrected chi connectivity index (χ2v) is 5.59. The summed E-state index contributed by atoms with van der Waals surface area (Å²) in [4.78, 5) is 13.9. The molecule has 1 rings (SSSR count). The van der Waals surface area contributed by atoms with Gasteiger partial charge in [-0.2, -0.15) is 0 Å². The summed E-state index contributed by atoms with van der Waals surface area (Å²) in [7, 11) is 1.71. The molecule has 4 nitrogen and oxygen atoms in total. The predicted octanol–water partition coefficient (Wildman–Crippen LogP) is 2.38. The number of nitrogens with zero attached hydrogens (tertiary/aromatic N) is 1. The van der Waals surface area contributed by atoms with Crippen LogP contribution < -0.4 is 0 Å². The lowest BCUT2D eigenvalue weighted by atomic mass is 9.76. The van der Waals surface area contributed by atoms with E-state index in [2.05, 4.69) is 18.7 Å². The van der Waals surface area contributed by atoms with Crippen LogP contribution in [0.3, 0.4) is 0 Å². The van der Waals surface area contributed by atoms with Crippen LogP contribution in [-0.4, -0.2) is 48.3 Å². The van der Waals surface area contributed by atoms with E-state index in [0.717, 1.165) is 32.2 Å². The number of carboxylic acids is 1. The first kappa shape index (κ1) is 15.4. The van der Waals surface area contributed by atoms with E-state index in [0.29, 0.717) is 6.54 Å². The molecule has 1 N–H and O–H groups in total. The Bertz CT molecular complexity index is 278. The van der Waals surface area contributed by atoms with Crippen molar-refractivity contribution in [3.05, 3.63) is 0 Å². The molecule has 0 aromatic carbocycles. The smallest absolute Gasteiger partial charge is 0.310 e. The third-order valence-corrected chi connectivity index (χ3v) is 4.42. The third kappa shape index (κ3) is 3.23. The van der Waals surface area contributed by atoms with E-state index >= 15 is 0 Å². The summed E-state index contributed by atoms with van der Waals surface area (Å²) in [5.41, 5.74) is -0.547. The van der Waals surface area contributed by atoms with Gasteiger partial charge in [-0.25, -0.2) is 0 Å². The highest BCUT2D eigenvalue weighted by Gasteiger charge is 2.42. The van der Waals surface area contributed by atoms with Crippen LogP contribution in [-0.2, 0) is 9.53 Å². The molecule has 0 aromatic heterocycles. The van der Waals surface area contributed by atoms with Gasteiger partial charge in [0.05, 0.1) is 11.5 Å². The standard InChI is InChI=1S/C14H27NO3/c1-5-7-14(13(16)17)8-6-9-15(10-14)11(2)12(3)18-4/h11-12H,5-10H2,1-4H3,(H,16,17). The van der Waals surface area contributed by atoms with Gasteiger partial charge in [0.1, 0.15) is 0 Å². The second-order valence-electron chi connectivity index (χ2n) is 5.59. The molecule has 1 saturated heterocycles. The summed E-state index contributed by atoms with van der Waals surface area (Å²) < 4.78 is 5.36. The Morgan fingerprint density at radius 3 is 2.67 bits per heavy atom. The quantitative estimate of drug-likeness (QED) is 0.793. The van der Waals surface area contributed by atoms with Gasteiger partial charge in [-0.05, 0) is 39.7 Å². The Kier molecular flexibility index (Phi) is 5.60. The highest BCUT2D eigenvalue weighted by molar-refractivity contribution is 5.75. The van der Waals surface area contributed by atoms with Crippen molar-refractivity contribution in [3.63, 3.8) is 0 Å². The van der Waals surface area contributed by atoms with E-state index < -0.39 is 11.4 Å². The minimum atomic E-state index is -0.633. The van der Waals surface area contributed by atoms with Crippen LogP contribution in [0.5, 0.6) is 0 Å². The molecule has 0 aromatic rings. The molecule has 3 atom stereocenters. The van der Waals surface area contributed by atoms with Crippen molar-refractivity contribution in [2.45, 2.75) is 58.6 Å². The number of piperidine rings is 1. The minimum Gasteiger partial charge on any atom is -0.481 e. The summed E-state index contributed by atoms with van der Waals surface area (Å²) in [6.07, 6.45) is 3.60. The van der Waals surface area contributed by atoms with Gasteiger partial charge in [0.25, 0.3) is 0 Å². The van der Waals surface area contributed by atoms with E-state index in [1.54, 1.807) is 7.11 Å². The van der Waals surface area contributed by atoms with Gasteiger partial charge in [-0.3, -0.25) is 9.69 Å². The summed E-state index contributed by atoms with van der Waals surface area (Å²) >= 11 is 0. The molecule has 3 unspecified atom stereocenters. The lowest BCUT2D eigenvalue weighted by Gasteiger charge is -2.43. The number of hydrogen-bond donors (Lipinski definition) is 1. The molecule has 106 valence electrons. The van der Waals surface area contributed by atoms with Gasteiger partial charge in [0.15, 0.2) is 0 Å². The maximum Gasteiger partial charge on any atom is 0.310 e. The van der Waals surface area contributed by atoms with Crippen molar-refractivity contribution in [1.82, 2.24) is 4.90 Å². The van der Waals surface area contributed by atoms with Gasteiger partial charge in [-0.1, -0.05) is 13.3 Å². The van der Waals surface area contributed by atoms with Crippen LogP contribution in [0, 0.1) is 5.41 Å². The van der Waals surface area contributed by atoms with Crippen molar-refractivity contribution in [1.29, 1.82) is 0 Å². The monoisotopic (exact) mass is 257 g/mol. The van der Waals surface area contributed by atoms with Crippen LogP contribution in [0.4, 0.5) is 0 Å². The summed E-state index contributed by atoms with van der Waals surface area (Å²) in [6.45, 7) is 7.86. The molecular weight excluding hydrogens is 230 g/mol. The van der Waals surface area contributed by atoms with E-state index in [4.69, 9.17) is 4.74 Å². The Labute approximate surface area is 110 Å². The molecule has 0 spiro atoms. The van der Waals surface area contributed by atoms with Crippen molar-refractivity contribution in [2.75, 3.05) is 20.2 Å². The number of carboxylic acid groups (broad SMARTS) is 1. The van der Waals surface area contributed by atoms with Crippen LogP contribution in [0.1, 0.15) is 46.5 Å². The van der Waals surface area contributed by atoms with E-state index in [1.807, 2.05) is 6.92 Å². The molecule has 0 bridgehead atoms. The zero-order valence-electron chi connectivity index (χ0n) is 12.1. The topological polar surface area (TPSA) is 49.8 Å². The normalized spacial score (nSPS) is 28.9. The third-order valence-electron chi connectivity index (χ3n) is 4.42. The molecule has 0 amide bonds. The fraction of sp³-hybridized carbons (Fsp3) is 0.929. The van der Waals surface area contributed by atoms with Gasteiger partial charge in [-0.15, -0.1) is 0 Å². The Balaban J connectivity index is 2.77. The van der Waals surface area contributed by atoms with Crippen molar-refractivity contribution in [2.24, 2.45) is 5.41 Å². The fourth-order valence-electron chi connectivity index (χ4n) is 2.97. The molecule has 1 fully saturated rings. The number of aliphatic carboxylic acids is 1. The molecular formula is C14H27NO3. The Morgan fingerprint density at radius 2 is 2.17 bits per heavy atom. The lowest BCUT2D eigenvalue weighted by Crippen LogP contribution is -2.53. The molecule has 0 radical (unpaired) electrons. The van der Waals surface area contributed by atoms with Crippen molar-refractivity contribution < 1.29 is 14.6 Å². The second kappa shape index (κ2) is 6.53. The van der Waals surface area contributed by atoms with E-state index in [9.17, 15) is 9.90 Å². The number of likely N-dealkylation sites (tertiary alicyclic amines) is 1. The average Bonchev–Trinajstić information content (AvgIpc) is 2.37. The highest BCUT2D eigenvalue weighted by Crippen LogP contribution is 2.36. The summed E-state index contributed by atoms with van der Waals surface area (Å²) in [5.74, 6) is -0.633.